The zero-order chi connectivity index (χ0) is 14.1. The highest BCUT2D eigenvalue weighted by atomic mass is 19.1. The van der Waals surface area contributed by atoms with E-state index in [4.69, 9.17) is 4.74 Å². The third-order valence-electron chi connectivity index (χ3n) is 3.44. The van der Waals surface area contributed by atoms with Crippen LogP contribution in [0, 0.1) is 0 Å². The van der Waals surface area contributed by atoms with Gasteiger partial charge in [-0.3, -0.25) is 0 Å². The molecule has 106 valence electrons. The highest BCUT2D eigenvalue weighted by Crippen LogP contribution is 2.39. The summed E-state index contributed by atoms with van der Waals surface area (Å²) in [4.78, 5) is 4.27. The summed E-state index contributed by atoms with van der Waals surface area (Å²) < 4.78 is 21.3. The molecule has 0 aliphatic carbocycles. The van der Waals surface area contributed by atoms with Crippen molar-refractivity contribution in [3.8, 4) is 0 Å². The van der Waals surface area contributed by atoms with E-state index in [1.165, 1.54) is 0 Å². The Morgan fingerprint density at radius 1 is 1.35 bits per heavy atom. The first-order valence-corrected chi connectivity index (χ1v) is 6.91. The van der Waals surface area contributed by atoms with Crippen LogP contribution < -0.4 is 0 Å². The Bertz CT molecular complexity index is 582. The van der Waals surface area contributed by atoms with Crippen LogP contribution >= 0.6 is 0 Å². The third-order valence-corrected chi connectivity index (χ3v) is 3.44. The number of benzene rings is 1. The van der Waals surface area contributed by atoms with Gasteiger partial charge in [-0.05, 0) is 19.4 Å². The minimum atomic E-state index is -1.06. The van der Waals surface area contributed by atoms with Gasteiger partial charge in [-0.1, -0.05) is 30.3 Å². The second kappa shape index (κ2) is 5.32. The lowest BCUT2D eigenvalue weighted by Gasteiger charge is -2.11. The fourth-order valence-electron chi connectivity index (χ4n) is 2.48. The number of aromatic nitrogens is 3. The van der Waals surface area contributed by atoms with Crippen molar-refractivity contribution in [3.05, 3.63) is 47.5 Å². The van der Waals surface area contributed by atoms with Crippen molar-refractivity contribution in [1.82, 2.24) is 14.8 Å². The molecule has 0 bridgehead atoms. The summed E-state index contributed by atoms with van der Waals surface area (Å²) in [5.41, 5.74) is 1.06. The Morgan fingerprint density at radius 2 is 2.10 bits per heavy atom. The van der Waals surface area contributed by atoms with Crippen LogP contribution in [0.2, 0.25) is 0 Å². The van der Waals surface area contributed by atoms with Crippen LogP contribution in [0.3, 0.4) is 0 Å². The van der Waals surface area contributed by atoms with Crippen molar-refractivity contribution >= 4 is 0 Å². The monoisotopic (exact) mass is 275 g/mol. The molecular formula is C15H18FN3O. The first-order chi connectivity index (χ1) is 9.65. The molecule has 0 N–H and O–H groups in total. The van der Waals surface area contributed by atoms with Crippen molar-refractivity contribution in [1.29, 1.82) is 0 Å². The quantitative estimate of drug-likeness (QED) is 0.860. The maximum atomic E-state index is 14.1. The molecule has 2 aromatic rings. The number of hydrogen-bond donors (Lipinski definition) is 0. The molecule has 0 fully saturated rings. The standard InChI is InChI=1S/C15H18FN3O/c1-10(2)20-9-14-17-15-12(16)8-13(19(15)18-14)11-6-4-3-5-7-11/h3-7,10,12-13H,8-9H2,1-2H3. The SMILES string of the molecule is CC(C)OCc1nc2n(n1)C(c1ccccc1)CC2F. The van der Waals surface area contributed by atoms with Crippen LogP contribution in [0.4, 0.5) is 4.39 Å². The zero-order valence-corrected chi connectivity index (χ0v) is 11.7. The topological polar surface area (TPSA) is 39.9 Å². The van der Waals surface area contributed by atoms with E-state index in [2.05, 4.69) is 10.1 Å². The molecule has 0 amide bonds. The number of nitrogens with zero attached hydrogens (tertiary/aromatic N) is 3. The van der Waals surface area contributed by atoms with Gasteiger partial charge in [0.2, 0.25) is 0 Å². The molecule has 20 heavy (non-hydrogen) atoms. The maximum absolute atomic E-state index is 14.1. The molecule has 1 aliphatic heterocycles. The summed E-state index contributed by atoms with van der Waals surface area (Å²) in [5, 5.41) is 4.41. The Morgan fingerprint density at radius 3 is 2.80 bits per heavy atom. The first kappa shape index (κ1) is 13.2. The fraction of sp³-hybridized carbons (Fsp3) is 0.467. The lowest BCUT2D eigenvalue weighted by molar-refractivity contribution is 0.0609. The molecule has 2 unspecified atom stereocenters. The smallest absolute Gasteiger partial charge is 0.176 e. The number of alkyl halides is 1. The summed E-state index contributed by atoms with van der Waals surface area (Å²) in [6, 6.07) is 9.80. The van der Waals surface area contributed by atoms with E-state index < -0.39 is 6.17 Å². The van der Waals surface area contributed by atoms with E-state index in [1.54, 1.807) is 4.68 Å². The fourth-order valence-corrected chi connectivity index (χ4v) is 2.48. The molecule has 0 saturated carbocycles. The Hall–Kier alpha value is -1.75. The van der Waals surface area contributed by atoms with Gasteiger partial charge in [-0.2, -0.15) is 5.10 Å². The van der Waals surface area contributed by atoms with Crippen LogP contribution in [-0.2, 0) is 11.3 Å². The van der Waals surface area contributed by atoms with E-state index in [9.17, 15) is 4.39 Å². The van der Waals surface area contributed by atoms with Gasteiger partial charge in [0.1, 0.15) is 6.61 Å². The number of ether oxygens (including phenoxy) is 1. The predicted molar refractivity (Wildman–Crippen MR) is 73.0 cm³/mol. The molecule has 1 aliphatic rings. The minimum absolute atomic E-state index is 0.0681. The van der Waals surface area contributed by atoms with Gasteiger partial charge < -0.3 is 4.74 Å². The molecule has 1 aromatic carbocycles. The lowest BCUT2D eigenvalue weighted by atomic mass is 10.0. The Balaban J connectivity index is 1.86. The van der Waals surface area contributed by atoms with Crippen LogP contribution in [-0.4, -0.2) is 20.9 Å². The van der Waals surface area contributed by atoms with E-state index in [-0.39, 0.29) is 12.1 Å². The summed E-state index contributed by atoms with van der Waals surface area (Å²) in [5.74, 6) is 0.971. The number of rotatable bonds is 4. The first-order valence-electron chi connectivity index (χ1n) is 6.91. The molecule has 3 rings (SSSR count). The highest BCUT2D eigenvalue weighted by molar-refractivity contribution is 5.23. The average molecular weight is 275 g/mol. The van der Waals surface area contributed by atoms with Gasteiger partial charge in [0.25, 0.3) is 0 Å². The van der Waals surface area contributed by atoms with Crippen molar-refractivity contribution in [2.75, 3.05) is 0 Å². The predicted octanol–water partition coefficient (Wildman–Crippen LogP) is 3.21. The average Bonchev–Trinajstić information content (AvgIpc) is 2.98. The van der Waals surface area contributed by atoms with Crippen LogP contribution in [0.1, 0.15) is 49.7 Å². The van der Waals surface area contributed by atoms with E-state index in [0.29, 0.717) is 24.7 Å². The molecule has 2 heterocycles. The van der Waals surface area contributed by atoms with Gasteiger partial charge >= 0.3 is 0 Å². The summed E-state index contributed by atoms with van der Waals surface area (Å²) in [6.45, 7) is 4.23. The third kappa shape index (κ3) is 2.45. The van der Waals surface area contributed by atoms with Crippen LogP contribution in [0.5, 0.6) is 0 Å². The number of halogens is 1. The lowest BCUT2D eigenvalue weighted by Crippen LogP contribution is -2.09. The summed E-state index contributed by atoms with van der Waals surface area (Å²) >= 11 is 0. The second-order valence-corrected chi connectivity index (χ2v) is 5.32. The maximum Gasteiger partial charge on any atom is 0.176 e. The summed E-state index contributed by atoms with van der Waals surface area (Å²) in [6.07, 6.45) is -0.537. The van der Waals surface area contributed by atoms with Gasteiger partial charge in [-0.15, -0.1) is 0 Å². The Kier molecular flexibility index (Phi) is 3.53. The highest BCUT2D eigenvalue weighted by Gasteiger charge is 2.35. The van der Waals surface area contributed by atoms with Crippen molar-refractivity contribution < 1.29 is 9.13 Å². The Labute approximate surface area is 117 Å². The summed E-state index contributed by atoms with van der Waals surface area (Å²) in [7, 11) is 0. The second-order valence-electron chi connectivity index (χ2n) is 5.32. The van der Waals surface area contributed by atoms with E-state index in [0.717, 1.165) is 5.56 Å². The molecule has 1 aromatic heterocycles. The van der Waals surface area contributed by atoms with E-state index >= 15 is 0 Å². The van der Waals surface area contributed by atoms with Crippen LogP contribution in [0.25, 0.3) is 0 Å². The normalized spacial score (nSPS) is 21.4. The molecule has 0 saturated heterocycles. The van der Waals surface area contributed by atoms with Crippen molar-refractivity contribution in [2.45, 2.75) is 45.2 Å². The number of fused-ring (bicyclic) bond motifs is 1. The van der Waals surface area contributed by atoms with Gasteiger partial charge in [0.05, 0.1) is 12.1 Å². The molecular weight excluding hydrogens is 257 g/mol. The van der Waals surface area contributed by atoms with Gasteiger partial charge in [0, 0.05) is 6.42 Å². The minimum Gasteiger partial charge on any atom is -0.371 e. The van der Waals surface area contributed by atoms with Crippen molar-refractivity contribution in [2.24, 2.45) is 0 Å². The largest absolute Gasteiger partial charge is 0.371 e. The molecule has 4 nitrogen and oxygen atoms in total. The molecule has 2 atom stereocenters. The van der Waals surface area contributed by atoms with Gasteiger partial charge in [-0.25, -0.2) is 14.1 Å². The zero-order valence-electron chi connectivity index (χ0n) is 11.7. The van der Waals surface area contributed by atoms with Gasteiger partial charge in [0.15, 0.2) is 17.8 Å². The van der Waals surface area contributed by atoms with Crippen molar-refractivity contribution in [3.63, 3.8) is 0 Å². The van der Waals surface area contributed by atoms with E-state index in [1.807, 2.05) is 44.2 Å². The molecule has 0 radical (unpaired) electrons. The molecule has 5 heteroatoms. The van der Waals surface area contributed by atoms with Crippen LogP contribution in [0.15, 0.2) is 30.3 Å². The molecule has 0 spiro atoms. The number of hydrogen-bond acceptors (Lipinski definition) is 3.